The quantitative estimate of drug-likeness (QED) is 0.389. The van der Waals surface area contributed by atoms with Gasteiger partial charge in [0.1, 0.15) is 0 Å². The Kier molecular flexibility index (Phi) is 2.98. The molecule has 0 spiro atoms. The Morgan fingerprint density at radius 3 is 2.00 bits per heavy atom. The molecule has 0 fully saturated rings. The van der Waals surface area contributed by atoms with Gasteiger partial charge in [-0.1, -0.05) is 6.92 Å². The van der Waals surface area contributed by atoms with Gasteiger partial charge in [0.25, 0.3) is 0 Å². The summed E-state index contributed by atoms with van der Waals surface area (Å²) < 4.78 is 2.26. The van der Waals surface area contributed by atoms with Crippen LogP contribution in [0.25, 0.3) is 0 Å². The van der Waals surface area contributed by atoms with E-state index in [4.69, 9.17) is 0 Å². The van der Waals surface area contributed by atoms with E-state index in [9.17, 15) is 0 Å². The van der Waals surface area contributed by atoms with Gasteiger partial charge >= 0.3 is 16.5 Å². The summed E-state index contributed by atoms with van der Waals surface area (Å²) >= 11 is 1.20. The highest BCUT2D eigenvalue weighted by atomic mass is 27.1. The Hall–Kier alpha value is 0.492. The van der Waals surface area contributed by atoms with Crippen molar-refractivity contribution in [2.45, 2.75) is 6.92 Å². The molecule has 0 aromatic carbocycles. The molecule has 5 heavy (non-hydrogen) atoms. The van der Waals surface area contributed by atoms with Crippen LogP contribution in [-0.2, 0) is 0 Å². The first-order valence-electron chi connectivity index (χ1n) is 1.92. The van der Waals surface area contributed by atoms with E-state index in [0.29, 0.717) is 0 Å². The van der Waals surface area contributed by atoms with Crippen molar-refractivity contribution in [2.75, 3.05) is 13.6 Å². The van der Waals surface area contributed by atoms with Crippen LogP contribution >= 0.6 is 0 Å². The van der Waals surface area contributed by atoms with Gasteiger partial charge < -0.3 is 3.88 Å². The van der Waals surface area contributed by atoms with Gasteiger partial charge in [0.05, 0.1) is 0 Å². The van der Waals surface area contributed by atoms with Gasteiger partial charge in [0.15, 0.2) is 0 Å². The fourth-order valence-electron chi connectivity index (χ4n) is 0. The number of nitrogens with zero attached hydrogens (tertiary/aromatic N) is 1. The van der Waals surface area contributed by atoms with E-state index in [1.165, 1.54) is 23.1 Å². The molecule has 0 saturated heterocycles. The summed E-state index contributed by atoms with van der Waals surface area (Å²) in [6.07, 6.45) is 0. The molecule has 0 atom stereocenters. The number of rotatable bonds is 1. The zero-order chi connectivity index (χ0) is 4.28. The van der Waals surface area contributed by atoms with Crippen LogP contribution < -0.4 is 0 Å². The van der Waals surface area contributed by atoms with Gasteiger partial charge in [-0.15, -0.1) is 0 Å². The molecule has 0 aromatic heterocycles. The third kappa shape index (κ3) is 4.49. The van der Waals surface area contributed by atoms with Crippen molar-refractivity contribution in [2.24, 2.45) is 0 Å². The highest BCUT2D eigenvalue weighted by molar-refractivity contribution is 6.04. The second-order valence-electron chi connectivity index (χ2n) is 1.40. The summed E-state index contributed by atoms with van der Waals surface area (Å²) in [7, 11) is 2.12. The molecule has 0 aromatic rings. The van der Waals surface area contributed by atoms with Crippen LogP contribution in [0.15, 0.2) is 0 Å². The van der Waals surface area contributed by atoms with Gasteiger partial charge in [-0.3, -0.25) is 0 Å². The van der Waals surface area contributed by atoms with Crippen LogP contribution in [0.3, 0.4) is 0 Å². The summed E-state index contributed by atoms with van der Waals surface area (Å²) in [6, 6.07) is 0. The Labute approximate surface area is 41.6 Å². The topological polar surface area (TPSA) is 3.24 Å². The smallest absolute Gasteiger partial charge is 0.321 e. The predicted molar refractivity (Wildman–Crippen MR) is 26.8 cm³/mol. The minimum atomic E-state index is 1.20. The Morgan fingerprint density at radius 1 is 1.80 bits per heavy atom. The van der Waals surface area contributed by atoms with Crippen molar-refractivity contribution < 1.29 is 0 Å². The van der Waals surface area contributed by atoms with Crippen molar-refractivity contribution in [1.82, 2.24) is 3.88 Å². The fraction of sp³-hybridized carbons (Fsp3) is 1.00. The van der Waals surface area contributed by atoms with Crippen LogP contribution in [0.1, 0.15) is 6.92 Å². The van der Waals surface area contributed by atoms with Crippen molar-refractivity contribution in [3.8, 4) is 0 Å². The van der Waals surface area contributed by atoms with E-state index in [0.717, 1.165) is 0 Å². The molecule has 1 nitrogen and oxygen atoms in total. The van der Waals surface area contributed by atoms with Crippen LogP contribution in [-0.4, -0.2) is 34.0 Å². The lowest BCUT2D eigenvalue weighted by molar-refractivity contribution is 0.581. The molecule has 0 aliphatic rings. The van der Waals surface area contributed by atoms with E-state index in [-0.39, 0.29) is 0 Å². The zero-order valence-corrected chi connectivity index (χ0v) is 6.15. The molecule has 2 heteroatoms. The van der Waals surface area contributed by atoms with Crippen molar-refractivity contribution >= 4 is 16.5 Å². The largest absolute Gasteiger partial charge is 0.393 e. The first-order valence-corrected chi connectivity index (χ1v) is 2.81. The lowest BCUT2D eigenvalue weighted by Crippen LogP contribution is -2.11. The maximum Gasteiger partial charge on any atom is 0.321 e. The third-order valence-electron chi connectivity index (χ3n) is 0.632. The van der Waals surface area contributed by atoms with Crippen LogP contribution in [0.5, 0.6) is 0 Å². The molecule has 0 aliphatic heterocycles. The SMILES string of the molecule is CC[N](C)[AlH2]. The second-order valence-corrected chi connectivity index (χ2v) is 2.92. The second kappa shape index (κ2) is 2.72. The maximum absolute atomic E-state index is 2.26. The van der Waals surface area contributed by atoms with Crippen molar-refractivity contribution in [3.05, 3.63) is 0 Å². The van der Waals surface area contributed by atoms with Crippen molar-refractivity contribution in [1.29, 1.82) is 0 Å². The van der Waals surface area contributed by atoms with E-state index in [1.54, 1.807) is 0 Å². The standard InChI is InChI=1S/C3H8N.Al.2H/c1-3-4-2;;;/h3H2,1-2H3;;;/q-1;+1;;. The number of hydrogen-bond acceptors (Lipinski definition) is 1. The molecule has 0 bridgehead atoms. The van der Waals surface area contributed by atoms with Gasteiger partial charge in [0, 0.05) is 0 Å². The molecule has 0 rings (SSSR count). The Bertz CT molecular complexity index is 20.9. The molecule has 0 amide bonds. The van der Waals surface area contributed by atoms with E-state index < -0.39 is 0 Å². The van der Waals surface area contributed by atoms with Gasteiger partial charge in [-0.05, 0) is 13.6 Å². The highest BCUT2D eigenvalue weighted by Crippen LogP contribution is 1.62. The normalized spacial score (nSPS) is 9.40. The predicted octanol–water partition coefficient (Wildman–Crippen LogP) is -0.514. The molecule has 0 aliphatic carbocycles. The first-order chi connectivity index (χ1) is 2.27. The lowest BCUT2D eigenvalue weighted by atomic mass is 10.8. The molecule has 0 saturated carbocycles. The minimum absolute atomic E-state index is 1.20. The summed E-state index contributed by atoms with van der Waals surface area (Å²) in [4.78, 5) is 0. The third-order valence-corrected chi connectivity index (χ3v) is 1.26. The van der Waals surface area contributed by atoms with Gasteiger partial charge in [-0.25, -0.2) is 0 Å². The molecule has 30 valence electrons. The zero-order valence-electron chi connectivity index (χ0n) is 4.15. The molecule has 0 unspecified atom stereocenters. The fourth-order valence-corrected chi connectivity index (χ4v) is 0. The molecular weight excluding hydrogens is 77.0 g/mol. The Balaban J connectivity index is 2.54. The monoisotopic (exact) mass is 87.1 g/mol. The molecule has 0 heterocycles. The summed E-state index contributed by atoms with van der Waals surface area (Å²) in [5.41, 5.74) is 0. The maximum atomic E-state index is 2.26. The molecule has 0 N–H and O–H groups in total. The lowest BCUT2D eigenvalue weighted by Gasteiger charge is -2.01. The van der Waals surface area contributed by atoms with E-state index >= 15 is 0 Å². The average Bonchev–Trinajstić information content (AvgIpc) is 1.38. The number of hydrogen-bond donors (Lipinski definition) is 0. The van der Waals surface area contributed by atoms with Crippen LogP contribution in [0.4, 0.5) is 0 Å². The van der Waals surface area contributed by atoms with E-state index in [2.05, 4.69) is 17.9 Å². The minimum Gasteiger partial charge on any atom is -0.393 e. The van der Waals surface area contributed by atoms with Gasteiger partial charge in [-0.2, -0.15) is 0 Å². The summed E-state index contributed by atoms with van der Waals surface area (Å²) in [6.45, 7) is 3.36. The summed E-state index contributed by atoms with van der Waals surface area (Å²) in [5, 5.41) is 0. The van der Waals surface area contributed by atoms with Crippen LogP contribution in [0, 0.1) is 0 Å². The average molecular weight is 87.1 g/mol. The van der Waals surface area contributed by atoms with Crippen LogP contribution in [0.2, 0.25) is 0 Å². The summed E-state index contributed by atoms with van der Waals surface area (Å²) in [5.74, 6) is 0. The van der Waals surface area contributed by atoms with Crippen molar-refractivity contribution in [3.63, 3.8) is 0 Å². The van der Waals surface area contributed by atoms with Gasteiger partial charge in [0.2, 0.25) is 0 Å². The molecular formula is C3H10AlN. The Morgan fingerprint density at radius 2 is 2.00 bits per heavy atom. The highest BCUT2D eigenvalue weighted by Gasteiger charge is 1.73. The van der Waals surface area contributed by atoms with E-state index in [1.807, 2.05) is 0 Å². The first kappa shape index (κ1) is 5.49. The molecule has 0 radical (unpaired) electrons.